The highest BCUT2D eigenvalue weighted by atomic mass is 32.2. The van der Waals surface area contributed by atoms with Gasteiger partial charge in [0.2, 0.25) is 17.0 Å². The van der Waals surface area contributed by atoms with Gasteiger partial charge in [0.1, 0.15) is 0 Å². The number of aromatic nitrogens is 4. The molecule has 0 radical (unpaired) electrons. The van der Waals surface area contributed by atoms with Crippen molar-refractivity contribution in [2.75, 3.05) is 18.8 Å². The molecule has 0 atom stereocenters. The molecule has 8 nitrogen and oxygen atoms in total. The molecule has 0 aliphatic heterocycles. The number of hydrogen-bond donors (Lipinski definition) is 2. The van der Waals surface area contributed by atoms with Crippen LogP contribution >= 0.6 is 11.8 Å². The highest BCUT2D eigenvalue weighted by Gasteiger charge is 2.12. The highest BCUT2D eigenvalue weighted by molar-refractivity contribution is 7.99. The number of benzene rings is 1. The zero-order valence-corrected chi connectivity index (χ0v) is 13.8. The zero-order chi connectivity index (χ0) is 16.7. The van der Waals surface area contributed by atoms with E-state index in [1.165, 1.54) is 11.8 Å². The van der Waals surface area contributed by atoms with Crippen LogP contribution in [0.2, 0.25) is 0 Å². The maximum Gasteiger partial charge on any atom is 0.239 e. The Morgan fingerprint density at radius 3 is 2.61 bits per heavy atom. The van der Waals surface area contributed by atoms with Crippen LogP contribution in [0.15, 0.2) is 29.4 Å². The number of carbonyl (C=O) groups is 2. The Kier molecular flexibility index (Phi) is 6.10. The van der Waals surface area contributed by atoms with Gasteiger partial charge in [0.05, 0.1) is 18.0 Å². The van der Waals surface area contributed by atoms with Gasteiger partial charge in [-0.2, -0.15) is 4.68 Å². The van der Waals surface area contributed by atoms with Crippen molar-refractivity contribution < 1.29 is 9.59 Å². The van der Waals surface area contributed by atoms with Gasteiger partial charge in [0, 0.05) is 6.54 Å². The van der Waals surface area contributed by atoms with Crippen molar-refractivity contribution >= 4 is 23.6 Å². The number of carbonyl (C=O) groups excluding carboxylic acids is 2. The number of likely N-dealkylation sites (N-methyl/N-ethyl adjacent to an activating group) is 1. The minimum atomic E-state index is -0.250. The van der Waals surface area contributed by atoms with Crippen LogP contribution in [0.25, 0.3) is 5.69 Å². The molecule has 2 amide bonds. The molecule has 0 aliphatic rings. The van der Waals surface area contributed by atoms with Gasteiger partial charge in [-0.15, -0.1) is 5.10 Å². The molecule has 2 aromatic rings. The Bertz CT molecular complexity index is 670. The Hall–Kier alpha value is -2.42. The van der Waals surface area contributed by atoms with Crippen LogP contribution in [0.4, 0.5) is 0 Å². The summed E-state index contributed by atoms with van der Waals surface area (Å²) >= 11 is 1.21. The van der Waals surface area contributed by atoms with E-state index in [2.05, 4.69) is 26.2 Å². The highest BCUT2D eigenvalue weighted by Crippen LogP contribution is 2.18. The molecular formula is C14H18N6O2S. The summed E-state index contributed by atoms with van der Waals surface area (Å²) in [4.78, 5) is 23.0. The van der Waals surface area contributed by atoms with Crippen molar-refractivity contribution in [2.24, 2.45) is 0 Å². The fraction of sp³-hybridized carbons (Fsp3) is 0.357. The minimum Gasteiger partial charge on any atom is -0.355 e. The van der Waals surface area contributed by atoms with Gasteiger partial charge < -0.3 is 10.6 Å². The number of rotatable bonds is 7. The maximum absolute atomic E-state index is 11.7. The third-order valence-corrected chi connectivity index (χ3v) is 3.79. The van der Waals surface area contributed by atoms with E-state index in [4.69, 9.17) is 0 Å². The number of hydrogen-bond acceptors (Lipinski definition) is 6. The van der Waals surface area contributed by atoms with Crippen LogP contribution in [0.1, 0.15) is 12.5 Å². The lowest BCUT2D eigenvalue weighted by Crippen LogP contribution is -2.37. The third kappa shape index (κ3) is 5.06. The van der Waals surface area contributed by atoms with E-state index < -0.39 is 0 Å². The Morgan fingerprint density at radius 1 is 1.17 bits per heavy atom. The quantitative estimate of drug-likeness (QED) is 0.707. The molecule has 0 fully saturated rings. The van der Waals surface area contributed by atoms with Crippen LogP contribution in [0, 0.1) is 6.92 Å². The smallest absolute Gasteiger partial charge is 0.239 e. The molecule has 0 bridgehead atoms. The molecule has 0 unspecified atom stereocenters. The lowest BCUT2D eigenvalue weighted by molar-refractivity contribution is -0.124. The Balaban J connectivity index is 1.89. The van der Waals surface area contributed by atoms with Crippen molar-refractivity contribution in [1.29, 1.82) is 0 Å². The number of thioether (sulfide) groups is 1. The van der Waals surface area contributed by atoms with E-state index in [-0.39, 0.29) is 24.1 Å². The molecule has 9 heteroatoms. The molecule has 0 spiro atoms. The lowest BCUT2D eigenvalue weighted by Gasteiger charge is -2.06. The molecule has 0 saturated heterocycles. The Labute approximate surface area is 138 Å². The first kappa shape index (κ1) is 16.9. The fourth-order valence-electron chi connectivity index (χ4n) is 1.74. The first-order valence-electron chi connectivity index (χ1n) is 7.11. The predicted octanol–water partition coefficient (Wildman–Crippen LogP) is 0.315. The summed E-state index contributed by atoms with van der Waals surface area (Å²) in [6.45, 7) is 4.32. The van der Waals surface area contributed by atoms with Crippen molar-refractivity contribution in [2.45, 2.75) is 19.0 Å². The summed E-state index contributed by atoms with van der Waals surface area (Å²) in [6.07, 6.45) is 0. The molecule has 0 aliphatic carbocycles. The van der Waals surface area contributed by atoms with Gasteiger partial charge in [0.15, 0.2) is 0 Å². The largest absolute Gasteiger partial charge is 0.355 e. The first-order valence-corrected chi connectivity index (χ1v) is 8.10. The van der Waals surface area contributed by atoms with E-state index in [0.29, 0.717) is 11.7 Å². The summed E-state index contributed by atoms with van der Waals surface area (Å²) in [6, 6.07) is 7.74. The first-order chi connectivity index (χ1) is 11.1. The van der Waals surface area contributed by atoms with Crippen LogP contribution in [-0.4, -0.2) is 50.9 Å². The molecule has 122 valence electrons. The molecule has 1 aromatic heterocycles. The van der Waals surface area contributed by atoms with Crippen molar-refractivity contribution in [3.05, 3.63) is 29.8 Å². The molecule has 1 heterocycles. The predicted molar refractivity (Wildman–Crippen MR) is 86.3 cm³/mol. The normalized spacial score (nSPS) is 10.3. The standard InChI is InChI=1S/C14H18N6O2S/c1-3-15-12(21)8-16-13(22)9-23-14-17-18-19-20(14)11-6-4-10(2)5-7-11/h4-7H,3,8-9H2,1-2H3,(H,15,21)(H,16,22). The topological polar surface area (TPSA) is 102 Å². The third-order valence-electron chi connectivity index (χ3n) is 2.87. The molecule has 2 rings (SSSR count). The zero-order valence-electron chi connectivity index (χ0n) is 12.9. The second-order valence-corrected chi connectivity index (χ2v) is 5.67. The summed E-state index contributed by atoms with van der Waals surface area (Å²) in [5.41, 5.74) is 1.96. The van der Waals surface area contributed by atoms with Crippen LogP contribution in [0.5, 0.6) is 0 Å². The fourth-order valence-corrected chi connectivity index (χ4v) is 2.46. The minimum absolute atomic E-state index is 0.0316. The van der Waals surface area contributed by atoms with Gasteiger partial charge in [-0.1, -0.05) is 29.5 Å². The van der Waals surface area contributed by atoms with E-state index in [0.717, 1.165) is 11.3 Å². The summed E-state index contributed by atoms with van der Waals surface area (Å²) in [5.74, 6) is -0.332. The maximum atomic E-state index is 11.7. The summed E-state index contributed by atoms with van der Waals surface area (Å²) < 4.78 is 1.57. The number of nitrogens with one attached hydrogen (secondary N) is 2. The van der Waals surface area contributed by atoms with Crippen LogP contribution in [0.3, 0.4) is 0 Å². The van der Waals surface area contributed by atoms with E-state index in [1.54, 1.807) is 4.68 Å². The second-order valence-electron chi connectivity index (χ2n) is 4.73. The molecule has 2 N–H and O–H groups in total. The second kappa shape index (κ2) is 8.28. The number of amides is 2. The molecule has 0 saturated carbocycles. The number of tetrazole rings is 1. The van der Waals surface area contributed by atoms with Gasteiger partial charge in [-0.25, -0.2) is 0 Å². The molecular weight excluding hydrogens is 316 g/mol. The summed E-state index contributed by atoms with van der Waals surface area (Å²) in [7, 11) is 0. The summed E-state index contributed by atoms with van der Waals surface area (Å²) in [5, 5.41) is 17.2. The van der Waals surface area contributed by atoms with E-state index >= 15 is 0 Å². The van der Waals surface area contributed by atoms with Gasteiger partial charge in [-0.3, -0.25) is 9.59 Å². The van der Waals surface area contributed by atoms with Crippen LogP contribution in [-0.2, 0) is 9.59 Å². The van der Waals surface area contributed by atoms with Crippen molar-refractivity contribution in [3.63, 3.8) is 0 Å². The lowest BCUT2D eigenvalue weighted by atomic mass is 10.2. The molecule has 1 aromatic carbocycles. The number of aryl methyl sites for hydroxylation is 1. The SMILES string of the molecule is CCNC(=O)CNC(=O)CSc1nnnn1-c1ccc(C)cc1. The van der Waals surface area contributed by atoms with Crippen molar-refractivity contribution in [3.8, 4) is 5.69 Å². The van der Waals surface area contributed by atoms with Crippen molar-refractivity contribution in [1.82, 2.24) is 30.8 Å². The van der Waals surface area contributed by atoms with E-state index in [1.807, 2.05) is 38.1 Å². The van der Waals surface area contributed by atoms with Crippen LogP contribution < -0.4 is 10.6 Å². The van der Waals surface area contributed by atoms with Gasteiger partial charge >= 0.3 is 0 Å². The average molecular weight is 334 g/mol. The Morgan fingerprint density at radius 2 is 1.91 bits per heavy atom. The average Bonchev–Trinajstić information content (AvgIpc) is 3.00. The van der Waals surface area contributed by atoms with Gasteiger partial charge in [0.25, 0.3) is 0 Å². The van der Waals surface area contributed by atoms with Gasteiger partial charge in [-0.05, 0) is 36.4 Å². The monoisotopic (exact) mass is 334 g/mol. The number of nitrogens with zero attached hydrogens (tertiary/aromatic N) is 4. The van der Waals surface area contributed by atoms with E-state index in [9.17, 15) is 9.59 Å². The molecule has 23 heavy (non-hydrogen) atoms.